The summed E-state index contributed by atoms with van der Waals surface area (Å²) in [4.78, 5) is 52.3. The molecule has 3 fully saturated rings. The lowest BCUT2D eigenvalue weighted by Gasteiger charge is -2.28. The Balaban J connectivity index is 1.42. The number of anilines is 1. The Morgan fingerprint density at radius 1 is 1.15 bits per heavy atom. The van der Waals surface area contributed by atoms with Crippen molar-refractivity contribution in [2.24, 2.45) is 29.6 Å². The molecule has 7 nitrogen and oxygen atoms in total. The Hall–Kier alpha value is -2.62. The van der Waals surface area contributed by atoms with Gasteiger partial charge in [0.2, 0.25) is 11.8 Å². The van der Waals surface area contributed by atoms with Crippen LogP contribution in [-0.2, 0) is 30.1 Å². The third-order valence-corrected chi connectivity index (χ3v) is 7.36. The lowest BCUT2D eigenvalue weighted by atomic mass is 9.81. The van der Waals surface area contributed by atoms with Crippen molar-refractivity contribution in [3.63, 3.8) is 0 Å². The van der Waals surface area contributed by atoms with Crippen molar-refractivity contribution in [2.45, 2.75) is 45.3 Å². The minimum absolute atomic E-state index is 0.123. The van der Waals surface area contributed by atoms with Crippen molar-refractivity contribution in [1.29, 1.82) is 0 Å². The van der Waals surface area contributed by atoms with Crippen LogP contribution in [0.2, 0.25) is 5.02 Å². The molecule has 2 bridgehead atoms. The summed E-state index contributed by atoms with van der Waals surface area (Å²) in [5, 5.41) is 2.07. The van der Waals surface area contributed by atoms with Gasteiger partial charge in [-0.3, -0.25) is 19.3 Å². The summed E-state index contributed by atoms with van der Waals surface area (Å²) < 4.78 is 43.8. The first-order chi connectivity index (χ1) is 15.9. The van der Waals surface area contributed by atoms with Gasteiger partial charge in [-0.1, -0.05) is 25.4 Å². The van der Waals surface area contributed by atoms with Crippen LogP contribution in [0.5, 0.6) is 0 Å². The number of esters is 1. The predicted molar refractivity (Wildman–Crippen MR) is 114 cm³/mol. The fourth-order valence-electron chi connectivity index (χ4n) is 5.59. The monoisotopic (exact) mass is 500 g/mol. The number of carbonyl (C=O) groups excluding carboxylic acids is 4. The molecular formula is C23H24ClF3N2O5. The molecule has 1 N–H and O–H groups in total. The minimum atomic E-state index is -4.63. The smallest absolute Gasteiger partial charge is 0.416 e. The Morgan fingerprint density at radius 3 is 2.26 bits per heavy atom. The summed E-state index contributed by atoms with van der Waals surface area (Å²) >= 11 is 5.87. The van der Waals surface area contributed by atoms with E-state index in [4.69, 9.17) is 16.3 Å². The molecule has 2 aliphatic carbocycles. The number of halogens is 4. The minimum Gasteiger partial charge on any atom is -0.454 e. The Morgan fingerprint density at radius 2 is 1.74 bits per heavy atom. The molecule has 184 valence electrons. The first-order valence-corrected chi connectivity index (χ1v) is 11.5. The van der Waals surface area contributed by atoms with Crippen LogP contribution >= 0.6 is 11.6 Å². The highest BCUT2D eigenvalue weighted by Gasteiger charge is 2.62. The zero-order valence-electron chi connectivity index (χ0n) is 18.5. The van der Waals surface area contributed by atoms with Gasteiger partial charge in [0.05, 0.1) is 28.1 Å². The topological polar surface area (TPSA) is 92.8 Å². The van der Waals surface area contributed by atoms with Gasteiger partial charge in [-0.2, -0.15) is 13.2 Å². The number of nitrogens with one attached hydrogen (secondary N) is 1. The van der Waals surface area contributed by atoms with E-state index in [2.05, 4.69) is 5.32 Å². The molecule has 1 aliphatic heterocycles. The van der Waals surface area contributed by atoms with E-state index in [-0.39, 0.29) is 34.4 Å². The summed E-state index contributed by atoms with van der Waals surface area (Å²) in [6.07, 6.45) is -1.98. The number of nitrogens with zero attached hydrogens (tertiary/aromatic N) is 1. The number of carbonyl (C=O) groups is 4. The zero-order chi connectivity index (χ0) is 24.9. The van der Waals surface area contributed by atoms with E-state index < -0.39 is 54.0 Å². The van der Waals surface area contributed by atoms with E-state index >= 15 is 0 Å². The Kier molecular flexibility index (Phi) is 6.39. The van der Waals surface area contributed by atoms with Gasteiger partial charge in [-0.25, -0.2) is 4.79 Å². The van der Waals surface area contributed by atoms with Gasteiger partial charge >= 0.3 is 12.1 Å². The number of hydrogen-bond donors (Lipinski definition) is 1. The Bertz CT molecular complexity index is 1020. The van der Waals surface area contributed by atoms with E-state index in [1.54, 1.807) is 13.8 Å². The molecule has 1 heterocycles. The summed E-state index contributed by atoms with van der Waals surface area (Å²) in [6, 6.07) is 1.26. The van der Waals surface area contributed by atoms with Crippen molar-refractivity contribution in [1.82, 2.24) is 4.90 Å². The molecule has 5 atom stereocenters. The van der Waals surface area contributed by atoms with Gasteiger partial charge in [0, 0.05) is 0 Å². The van der Waals surface area contributed by atoms with Crippen LogP contribution < -0.4 is 5.32 Å². The van der Waals surface area contributed by atoms with Crippen LogP contribution in [0.15, 0.2) is 18.2 Å². The van der Waals surface area contributed by atoms with Gasteiger partial charge in [-0.15, -0.1) is 0 Å². The van der Waals surface area contributed by atoms with Gasteiger partial charge in [0.1, 0.15) is 6.04 Å². The van der Waals surface area contributed by atoms with Crippen molar-refractivity contribution < 1.29 is 37.1 Å². The highest BCUT2D eigenvalue weighted by molar-refractivity contribution is 6.33. The second kappa shape index (κ2) is 8.87. The molecule has 1 aromatic rings. The van der Waals surface area contributed by atoms with Crippen molar-refractivity contribution in [3.8, 4) is 0 Å². The van der Waals surface area contributed by atoms with Gasteiger partial charge in [-0.05, 0) is 55.2 Å². The molecule has 0 spiro atoms. The molecule has 1 saturated heterocycles. The number of alkyl halides is 3. The van der Waals surface area contributed by atoms with E-state index in [0.29, 0.717) is 6.07 Å². The number of fused-ring (bicyclic) bond motifs is 5. The van der Waals surface area contributed by atoms with E-state index in [9.17, 15) is 32.3 Å². The van der Waals surface area contributed by atoms with Crippen LogP contribution in [0.4, 0.5) is 18.9 Å². The molecule has 3 amide bonds. The zero-order valence-corrected chi connectivity index (χ0v) is 19.3. The number of benzene rings is 1. The van der Waals surface area contributed by atoms with Crippen LogP contribution in [0.3, 0.4) is 0 Å². The highest BCUT2D eigenvalue weighted by atomic mass is 35.5. The van der Waals surface area contributed by atoms with Gasteiger partial charge < -0.3 is 10.1 Å². The van der Waals surface area contributed by atoms with Gasteiger partial charge in [0.15, 0.2) is 6.61 Å². The molecule has 11 heteroatoms. The maximum absolute atomic E-state index is 13.1. The number of likely N-dealkylation sites (tertiary alicyclic amines) is 1. The normalized spacial score (nSPS) is 26.7. The second-order valence-corrected chi connectivity index (χ2v) is 9.88. The third kappa shape index (κ3) is 4.28. The van der Waals surface area contributed by atoms with Crippen molar-refractivity contribution in [2.75, 3.05) is 11.9 Å². The molecular weight excluding hydrogens is 477 g/mol. The maximum Gasteiger partial charge on any atom is 0.416 e. The van der Waals surface area contributed by atoms with Crippen LogP contribution in [0.25, 0.3) is 0 Å². The van der Waals surface area contributed by atoms with Crippen LogP contribution in [-0.4, -0.2) is 41.2 Å². The molecule has 0 unspecified atom stereocenters. The maximum atomic E-state index is 13.1. The molecule has 4 rings (SSSR count). The molecule has 0 aromatic heterocycles. The number of imide groups is 1. The summed E-state index contributed by atoms with van der Waals surface area (Å²) in [7, 11) is 0. The predicted octanol–water partition coefficient (Wildman–Crippen LogP) is 3.90. The molecule has 0 radical (unpaired) electrons. The first kappa shape index (κ1) is 24.5. The largest absolute Gasteiger partial charge is 0.454 e. The molecule has 2 saturated carbocycles. The number of hydrogen-bond acceptors (Lipinski definition) is 5. The van der Waals surface area contributed by atoms with E-state index in [0.717, 1.165) is 36.3 Å². The van der Waals surface area contributed by atoms with Gasteiger partial charge in [0.25, 0.3) is 5.91 Å². The summed E-state index contributed by atoms with van der Waals surface area (Å²) in [5.74, 6) is -3.50. The fourth-order valence-corrected chi connectivity index (χ4v) is 5.75. The second-order valence-electron chi connectivity index (χ2n) is 9.47. The third-order valence-electron chi connectivity index (χ3n) is 7.03. The van der Waals surface area contributed by atoms with E-state index in [1.165, 1.54) is 0 Å². The summed E-state index contributed by atoms with van der Waals surface area (Å²) in [5.41, 5.74) is -1.29. The molecule has 3 aliphatic rings. The lowest BCUT2D eigenvalue weighted by Crippen LogP contribution is -2.50. The van der Waals surface area contributed by atoms with Crippen LogP contribution in [0.1, 0.15) is 38.7 Å². The first-order valence-electron chi connectivity index (χ1n) is 11.1. The number of amides is 3. The number of rotatable bonds is 6. The molecule has 34 heavy (non-hydrogen) atoms. The Labute approximate surface area is 198 Å². The molecule has 1 aromatic carbocycles. The average molecular weight is 501 g/mol. The standard InChI is InChI=1S/C23H24ClF3N2O5/c1-10(2)19(29-20(31)17-11-3-4-12(7-11)18(17)21(29)32)22(33)34-9-16(30)28-15-8-13(23(25,26)27)5-6-14(15)24/h5-6,8,10-12,17-19H,3-4,7,9H2,1-2H3,(H,28,30)/t11-,12-,17-,18-,19+/m0/s1. The average Bonchev–Trinajstić information content (AvgIpc) is 3.43. The SMILES string of the molecule is CC(C)[C@H](C(=O)OCC(=O)Nc1cc(C(F)(F)F)ccc1Cl)N1C(=O)[C@H]2[C@H]3CC[C@@H](C3)[C@@H]2C1=O. The quantitative estimate of drug-likeness (QED) is 0.472. The van der Waals surface area contributed by atoms with Crippen molar-refractivity contribution in [3.05, 3.63) is 28.8 Å². The summed E-state index contributed by atoms with van der Waals surface area (Å²) in [6.45, 7) is 2.51. The van der Waals surface area contributed by atoms with E-state index in [1.807, 2.05) is 0 Å². The highest BCUT2D eigenvalue weighted by Crippen LogP contribution is 2.56. The number of ether oxygens (including phenoxy) is 1. The fraction of sp³-hybridized carbons (Fsp3) is 0.565. The lowest BCUT2D eigenvalue weighted by molar-refractivity contribution is -0.162. The van der Waals surface area contributed by atoms with Crippen LogP contribution in [0, 0.1) is 29.6 Å². The van der Waals surface area contributed by atoms with Crippen molar-refractivity contribution >= 4 is 41.0 Å².